The molecular formula is C15H18BrNO6S. The highest BCUT2D eigenvalue weighted by Gasteiger charge is 2.31. The molecule has 7 nitrogen and oxygen atoms in total. The number of halogens is 1. The van der Waals surface area contributed by atoms with E-state index in [4.69, 9.17) is 9.47 Å². The van der Waals surface area contributed by atoms with Gasteiger partial charge in [-0.25, -0.2) is 22.7 Å². The first-order valence-corrected chi connectivity index (χ1v) is 9.48. The number of carbonyl (C=O) groups is 2. The van der Waals surface area contributed by atoms with Crippen LogP contribution >= 0.6 is 15.9 Å². The molecule has 0 amide bonds. The van der Waals surface area contributed by atoms with Crippen molar-refractivity contribution in [1.82, 2.24) is 4.72 Å². The number of nitrogens with one attached hydrogen (secondary N) is 1. The molecule has 1 aliphatic rings. The van der Waals surface area contributed by atoms with Gasteiger partial charge in [-0.1, -0.05) is 0 Å². The molecule has 1 aromatic carbocycles. The Morgan fingerprint density at radius 3 is 2.58 bits per heavy atom. The van der Waals surface area contributed by atoms with Crippen LogP contribution in [-0.4, -0.2) is 38.6 Å². The molecule has 0 aliphatic carbocycles. The third-order valence-electron chi connectivity index (χ3n) is 3.05. The Morgan fingerprint density at radius 1 is 1.38 bits per heavy atom. The molecule has 0 spiro atoms. The first-order valence-electron chi connectivity index (χ1n) is 7.21. The summed E-state index contributed by atoms with van der Waals surface area (Å²) in [6.07, 6.45) is -0.677. The minimum atomic E-state index is -3.80. The van der Waals surface area contributed by atoms with Crippen LogP contribution in [-0.2, 0) is 24.3 Å². The van der Waals surface area contributed by atoms with Crippen LogP contribution in [0.25, 0.3) is 0 Å². The van der Waals surface area contributed by atoms with E-state index < -0.39 is 33.6 Å². The van der Waals surface area contributed by atoms with Crippen molar-refractivity contribution in [1.29, 1.82) is 0 Å². The lowest BCUT2D eigenvalue weighted by Crippen LogP contribution is -2.40. The van der Waals surface area contributed by atoms with E-state index in [1.54, 1.807) is 20.8 Å². The third-order valence-corrected chi connectivity index (χ3v) is 5.49. The van der Waals surface area contributed by atoms with E-state index in [0.717, 1.165) is 0 Å². The Labute approximate surface area is 148 Å². The summed E-state index contributed by atoms with van der Waals surface area (Å²) >= 11 is 3.19. The van der Waals surface area contributed by atoms with Crippen molar-refractivity contribution < 1.29 is 27.5 Å². The first kappa shape index (κ1) is 18.9. The van der Waals surface area contributed by atoms with Crippen molar-refractivity contribution >= 4 is 37.9 Å². The van der Waals surface area contributed by atoms with E-state index in [1.807, 2.05) is 0 Å². The van der Waals surface area contributed by atoms with Crippen molar-refractivity contribution in [2.75, 3.05) is 6.61 Å². The van der Waals surface area contributed by atoms with Gasteiger partial charge in [-0.15, -0.1) is 0 Å². The fourth-order valence-electron chi connectivity index (χ4n) is 2.07. The molecule has 1 fully saturated rings. The highest BCUT2D eigenvalue weighted by Crippen LogP contribution is 2.24. The summed E-state index contributed by atoms with van der Waals surface area (Å²) in [6, 6.07) is 4.03. The van der Waals surface area contributed by atoms with Crippen molar-refractivity contribution in [3.8, 4) is 0 Å². The summed E-state index contributed by atoms with van der Waals surface area (Å²) in [5.74, 6) is -1.39. The fourth-order valence-corrected chi connectivity index (χ4v) is 3.92. The average Bonchev–Trinajstić information content (AvgIpc) is 2.81. The molecular weight excluding hydrogens is 402 g/mol. The topological polar surface area (TPSA) is 98.8 Å². The van der Waals surface area contributed by atoms with E-state index in [9.17, 15) is 18.0 Å². The molecule has 132 valence electrons. The number of cyclic esters (lactones) is 1. The molecule has 0 aromatic heterocycles. The second kappa shape index (κ2) is 6.81. The molecule has 0 unspecified atom stereocenters. The minimum Gasteiger partial charge on any atom is -0.463 e. The lowest BCUT2D eigenvalue weighted by atomic mass is 10.1. The number of esters is 2. The number of sulfonamides is 1. The number of ether oxygens (including phenoxy) is 2. The number of hydrogen-bond donors (Lipinski definition) is 1. The van der Waals surface area contributed by atoms with E-state index in [0.29, 0.717) is 4.47 Å². The second-order valence-electron chi connectivity index (χ2n) is 6.35. The van der Waals surface area contributed by atoms with Gasteiger partial charge in [-0.2, -0.15) is 0 Å². The maximum Gasteiger partial charge on any atom is 0.347 e. The maximum atomic E-state index is 12.4. The maximum absolute atomic E-state index is 12.4. The minimum absolute atomic E-state index is 0.0199. The highest BCUT2D eigenvalue weighted by molar-refractivity contribution is 9.10. The molecule has 0 bridgehead atoms. The lowest BCUT2D eigenvalue weighted by Gasteiger charge is -2.20. The van der Waals surface area contributed by atoms with Gasteiger partial charge in [-0.3, -0.25) is 0 Å². The molecule has 1 saturated heterocycles. The monoisotopic (exact) mass is 419 g/mol. The third kappa shape index (κ3) is 4.55. The highest BCUT2D eigenvalue weighted by atomic mass is 79.9. The Balaban J connectivity index is 2.28. The van der Waals surface area contributed by atoms with Crippen molar-refractivity contribution in [2.45, 2.75) is 43.7 Å². The largest absolute Gasteiger partial charge is 0.463 e. The van der Waals surface area contributed by atoms with E-state index >= 15 is 0 Å². The summed E-state index contributed by atoms with van der Waals surface area (Å²) in [5.41, 5.74) is -0.647. The fraction of sp³-hybridized carbons (Fsp3) is 0.467. The lowest BCUT2D eigenvalue weighted by molar-refractivity contribution is -0.145. The number of carbonyl (C=O) groups excluding carboxylic acids is 2. The molecule has 1 heterocycles. The molecule has 24 heavy (non-hydrogen) atoms. The number of hydrogen-bond acceptors (Lipinski definition) is 6. The molecule has 1 aliphatic heterocycles. The zero-order valence-electron chi connectivity index (χ0n) is 13.5. The molecule has 1 N–H and O–H groups in total. The molecule has 1 atom stereocenters. The summed E-state index contributed by atoms with van der Waals surface area (Å²) in [7, 11) is -3.80. The molecule has 2 rings (SSSR count). The van der Waals surface area contributed by atoms with Gasteiger partial charge in [-0.05, 0) is 54.9 Å². The van der Waals surface area contributed by atoms with Crippen LogP contribution in [0, 0.1) is 0 Å². The number of benzene rings is 1. The van der Waals surface area contributed by atoms with E-state index in [2.05, 4.69) is 20.7 Å². The quantitative estimate of drug-likeness (QED) is 0.749. The Kier molecular flexibility index (Phi) is 5.36. The van der Waals surface area contributed by atoms with Crippen molar-refractivity contribution in [3.63, 3.8) is 0 Å². The van der Waals surface area contributed by atoms with Gasteiger partial charge in [0, 0.05) is 16.4 Å². The van der Waals surface area contributed by atoms with E-state index in [1.165, 1.54) is 18.2 Å². The zero-order chi connectivity index (χ0) is 18.1. The van der Waals surface area contributed by atoms with E-state index in [-0.39, 0.29) is 23.5 Å². The summed E-state index contributed by atoms with van der Waals surface area (Å²) < 4.78 is 37.5. The van der Waals surface area contributed by atoms with Crippen LogP contribution in [0.1, 0.15) is 37.6 Å². The predicted molar refractivity (Wildman–Crippen MR) is 89.0 cm³/mol. The zero-order valence-corrected chi connectivity index (χ0v) is 15.9. The van der Waals surface area contributed by atoms with Gasteiger partial charge in [0.05, 0.1) is 17.1 Å². The van der Waals surface area contributed by atoms with Gasteiger partial charge in [0.15, 0.2) is 0 Å². The van der Waals surface area contributed by atoms with Crippen molar-refractivity contribution in [2.24, 2.45) is 0 Å². The van der Waals surface area contributed by atoms with Crippen LogP contribution in [0.3, 0.4) is 0 Å². The first-order chi connectivity index (χ1) is 11.0. The van der Waals surface area contributed by atoms with Crippen LogP contribution in [0.4, 0.5) is 0 Å². The van der Waals surface area contributed by atoms with Gasteiger partial charge in [0.2, 0.25) is 16.1 Å². The van der Waals surface area contributed by atoms with Crippen LogP contribution in [0.5, 0.6) is 0 Å². The summed E-state index contributed by atoms with van der Waals surface area (Å²) in [4.78, 5) is 23.6. The molecule has 0 radical (unpaired) electrons. The average molecular weight is 420 g/mol. The van der Waals surface area contributed by atoms with Crippen molar-refractivity contribution in [3.05, 3.63) is 28.2 Å². The molecule has 1 aromatic rings. The smallest absolute Gasteiger partial charge is 0.347 e. The Hall–Kier alpha value is -1.45. The van der Waals surface area contributed by atoms with Gasteiger partial charge in [0.1, 0.15) is 0 Å². The Morgan fingerprint density at radius 2 is 2.04 bits per heavy atom. The second-order valence-corrected chi connectivity index (χ2v) is 8.88. The van der Waals surface area contributed by atoms with Gasteiger partial charge >= 0.3 is 11.9 Å². The van der Waals surface area contributed by atoms with Crippen LogP contribution in [0.15, 0.2) is 27.6 Å². The standard InChI is InChI=1S/C15H18BrNO6S/c1-15(2,3)17-24(20,21)9-4-5-11(16)10(8-9)13(18)23-12-6-7-22-14(12)19/h4-5,8,12,17H,6-7H2,1-3H3/t12-/m1/s1. The predicted octanol–water partition coefficient (Wildman–Crippen LogP) is 2.00. The number of rotatable bonds is 4. The Bertz CT molecular complexity index is 769. The van der Waals surface area contributed by atoms with Crippen LogP contribution in [0.2, 0.25) is 0 Å². The van der Waals surface area contributed by atoms with Gasteiger partial charge in [0.25, 0.3) is 0 Å². The van der Waals surface area contributed by atoms with Gasteiger partial charge < -0.3 is 9.47 Å². The molecule has 9 heteroatoms. The summed E-state index contributed by atoms with van der Waals surface area (Å²) in [5, 5.41) is 0. The molecule has 0 saturated carbocycles. The normalized spacial score (nSPS) is 18.3. The van der Waals surface area contributed by atoms with Crippen LogP contribution < -0.4 is 4.72 Å². The summed E-state index contributed by atoms with van der Waals surface area (Å²) in [6.45, 7) is 5.33. The SMILES string of the molecule is CC(C)(C)NS(=O)(=O)c1ccc(Br)c(C(=O)O[C@@H]2CCOC2=O)c1.